The average molecular weight is 634 g/mol. The zero-order valence-corrected chi connectivity index (χ0v) is 26.9. The first kappa shape index (κ1) is 34.3. The van der Waals surface area contributed by atoms with Crippen LogP contribution in [0.2, 0.25) is 0 Å². The van der Waals surface area contributed by atoms with Gasteiger partial charge in [-0.15, -0.1) is 0 Å². The number of rotatable bonds is 17. The number of hydrogen-bond acceptors (Lipinski definition) is 11. The smallest absolute Gasteiger partial charge is 0.338 e. The van der Waals surface area contributed by atoms with Gasteiger partial charge in [0.15, 0.2) is 11.2 Å². The molecule has 0 unspecified atom stereocenters. The first-order valence-corrected chi connectivity index (χ1v) is 15.5. The summed E-state index contributed by atoms with van der Waals surface area (Å²) in [4.78, 5) is 53.2. The van der Waals surface area contributed by atoms with E-state index in [9.17, 15) is 14.4 Å². The molecule has 0 aliphatic heterocycles. The number of nitrogens with two attached hydrogens (primary N) is 1. The summed E-state index contributed by atoms with van der Waals surface area (Å²) in [5, 5.41) is 0. The van der Waals surface area contributed by atoms with Gasteiger partial charge in [-0.3, -0.25) is 24.1 Å². The third kappa shape index (κ3) is 9.22. The van der Waals surface area contributed by atoms with E-state index in [0.29, 0.717) is 11.1 Å². The lowest BCUT2D eigenvalue weighted by Crippen LogP contribution is -2.29. The highest BCUT2D eigenvalue weighted by molar-refractivity contribution is 5.90. The lowest BCUT2D eigenvalue weighted by Gasteiger charge is -2.19. The summed E-state index contributed by atoms with van der Waals surface area (Å²) >= 11 is 0. The van der Waals surface area contributed by atoms with Gasteiger partial charge in [0, 0.05) is 13.1 Å². The summed E-state index contributed by atoms with van der Waals surface area (Å²) in [5.74, 6) is -1.13. The Kier molecular flexibility index (Phi) is 12.4. The fraction of sp³-hybridized carbons (Fsp3) is 0.424. The fourth-order valence-corrected chi connectivity index (χ4v) is 4.80. The SMILES string of the molecule is CCN(CC)Cc1ccc(C(=O)OCC(COC(=O)c2ccc(CN(CC)CC)cc2)OCn2cnc3c(=O)[nH]c(N)nc32)cc1. The lowest BCUT2D eigenvalue weighted by molar-refractivity contribution is -0.0616. The summed E-state index contributed by atoms with van der Waals surface area (Å²) in [5.41, 5.74) is 8.52. The van der Waals surface area contributed by atoms with E-state index in [1.165, 1.54) is 10.9 Å². The molecule has 13 heteroatoms. The molecule has 2 aromatic carbocycles. The second-order valence-corrected chi connectivity index (χ2v) is 10.8. The molecule has 0 spiro atoms. The van der Waals surface area contributed by atoms with Gasteiger partial charge in [-0.1, -0.05) is 52.0 Å². The van der Waals surface area contributed by atoms with Crippen molar-refractivity contribution in [2.45, 2.75) is 53.6 Å². The fourth-order valence-electron chi connectivity index (χ4n) is 4.80. The molecule has 3 N–H and O–H groups in total. The van der Waals surface area contributed by atoms with E-state index >= 15 is 0 Å². The Labute approximate surface area is 268 Å². The second kappa shape index (κ2) is 16.6. The highest BCUT2D eigenvalue weighted by atomic mass is 16.6. The van der Waals surface area contributed by atoms with Crippen LogP contribution < -0.4 is 11.3 Å². The number of hydrogen-bond donors (Lipinski definition) is 2. The molecule has 0 atom stereocenters. The van der Waals surface area contributed by atoms with Crippen LogP contribution in [0.5, 0.6) is 0 Å². The van der Waals surface area contributed by atoms with Crippen molar-refractivity contribution in [3.8, 4) is 0 Å². The molecule has 2 aromatic heterocycles. The molecule has 4 aromatic rings. The van der Waals surface area contributed by atoms with Gasteiger partial charge >= 0.3 is 11.9 Å². The minimum Gasteiger partial charge on any atom is -0.459 e. The standard InChI is InChI=1S/C33H43N7O6/c1-5-38(6-2)17-23-9-13-25(14-10-23)31(42)44-19-27(46-22-40-21-35-28-29(40)36-33(34)37-30(28)41)20-45-32(43)26-15-11-24(12-16-26)18-39(7-3)8-4/h9-16,21,27H,5-8,17-20,22H2,1-4H3,(H3,34,36,37,41). The molecule has 13 nitrogen and oxygen atoms in total. The lowest BCUT2D eigenvalue weighted by atomic mass is 10.1. The zero-order chi connectivity index (χ0) is 33.1. The van der Waals surface area contributed by atoms with Gasteiger partial charge in [0.25, 0.3) is 5.56 Å². The molecule has 0 fully saturated rings. The Morgan fingerprint density at radius 1 is 0.826 bits per heavy atom. The van der Waals surface area contributed by atoms with E-state index in [1.54, 1.807) is 24.3 Å². The number of esters is 2. The highest BCUT2D eigenvalue weighted by Crippen LogP contribution is 2.13. The molecule has 0 radical (unpaired) electrons. The molecule has 0 bridgehead atoms. The maximum Gasteiger partial charge on any atom is 0.338 e. The van der Waals surface area contributed by atoms with Crippen LogP contribution in [0.25, 0.3) is 11.2 Å². The predicted molar refractivity (Wildman–Crippen MR) is 174 cm³/mol. The van der Waals surface area contributed by atoms with E-state index in [1.807, 2.05) is 24.3 Å². The number of ether oxygens (including phenoxy) is 3. The first-order valence-electron chi connectivity index (χ1n) is 15.5. The Morgan fingerprint density at radius 3 is 1.76 bits per heavy atom. The number of nitrogen functional groups attached to an aromatic ring is 1. The van der Waals surface area contributed by atoms with E-state index < -0.39 is 23.6 Å². The summed E-state index contributed by atoms with van der Waals surface area (Å²) in [6.07, 6.45) is 0.551. The Balaban J connectivity index is 1.41. The van der Waals surface area contributed by atoms with Crippen molar-refractivity contribution in [1.82, 2.24) is 29.3 Å². The third-order valence-electron chi connectivity index (χ3n) is 7.72. The molecule has 0 amide bonds. The van der Waals surface area contributed by atoms with Crippen LogP contribution in [0.15, 0.2) is 59.7 Å². The summed E-state index contributed by atoms with van der Waals surface area (Å²) in [7, 11) is 0. The van der Waals surface area contributed by atoms with Crippen molar-refractivity contribution < 1.29 is 23.8 Å². The average Bonchev–Trinajstić information content (AvgIpc) is 3.48. The van der Waals surface area contributed by atoms with E-state index in [2.05, 4.69) is 52.4 Å². The number of carbonyl (C=O) groups excluding carboxylic acids is 2. The molecular weight excluding hydrogens is 590 g/mol. The van der Waals surface area contributed by atoms with Crippen LogP contribution in [-0.2, 0) is 34.0 Å². The maximum absolute atomic E-state index is 12.9. The summed E-state index contributed by atoms with van der Waals surface area (Å²) < 4.78 is 18.6. The maximum atomic E-state index is 12.9. The molecule has 46 heavy (non-hydrogen) atoms. The molecule has 0 aliphatic carbocycles. The summed E-state index contributed by atoms with van der Waals surface area (Å²) in [6.45, 7) is 13.2. The molecular formula is C33H43N7O6. The molecule has 0 saturated carbocycles. The highest BCUT2D eigenvalue weighted by Gasteiger charge is 2.19. The zero-order valence-electron chi connectivity index (χ0n) is 26.9. The van der Waals surface area contributed by atoms with Crippen molar-refractivity contribution >= 4 is 29.1 Å². The van der Waals surface area contributed by atoms with Crippen molar-refractivity contribution in [2.75, 3.05) is 45.1 Å². The molecule has 0 aliphatic rings. The third-order valence-corrected chi connectivity index (χ3v) is 7.72. The number of nitrogens with zero attached hydrogens (tertiary/aromatic N) is 5. The van der Waals surface area contributed by atoms with Gasteiger partial charge < -0.3 is 19.9 Å². The summed E-state index contributed by atoms with van der Waals surface area (Å²) in [6, 6.07) is 14.5. The van der Waals surface area contributed by atoms with Gasteiger partial charge in [-0.05, 0) is 61.6 Å². The van der Waals surface area contributed by atoms with Crippen molar-refractivity contribution in [2.24, 2.45) is 0 Å². The molecule has 4 rings (SSSR count). The second-order valence-electron chi connectivity index (χ2n) is 10.8. The van der Waals surface area contributed by atoms with Gasteiger partial charge in [0.05, 0.1) is 17.5 Å². The van der Waals surface area contributed by atoms with Crippen LogP contribution in [-0.4, -0.2) is 86.8 Å². The first-order chi connectivity index (χ1) is 22.2. The molecule has 0 saturated heterocycles. The van der Waals surface area contributed by atoms with Crippen molar-refractivity contribution in [3.05, 3.63) is 87.5 Å². The number of carbonyl (C=O) groups is 2. The van der Waals surface area contributed by atoms with Crippen LogP contribution in [0.1, 0.15) is 59.5 Å². The number of imidazole rings is 1. The monoisotopic (exact) mass is 633 g/mol. The topological polar surface area (TPSA) is 158 Å². The number of nitrogens with one attached hydrogen (secondary N) is 1. The largest absolute Gasteiger partial charge is 0.459 e. The number of aromatic nitrogens is 4. The van der Waals surface area contributed by atoms with E-state index in [0.717, 1.165) is 50.4 Å². The van der Waals surface area contributed by atoms with Crippen LogP contribution in [0, 0.1) is 0 Å². The Morgan fingerprint density at radius 2 is 1.30 bits per heavy atom. The van der Waals surface area contributed by atoms with Gasteiger partial charge in [-0.25, -0.2) is 14.6 Å². The van der Waals surface area contributed by atoms with Crippen LogP contribution in [0.3, 0.4) is 0 Å². The quantitative estimate of drug-likeness (QED) is 0.164. The number of H-pyrrole nitrogens is 1. The molecule has 2 heterocycles. The Bertz CT molecular complexity index is 1550. The van der Waals surface area contributed by atoms with Crippen molar-refractivity contribution in [1.29, 1.82) is 0 Å². The number of aromatic amines is 1. The van der Waals surface area contributed by atoms with Crippen LogP contribution >= 0.6 is 0 Å². The number of fused-ring (bicyclic) bond motifs is 1. The number of anilines is 1. The van der Waals surface area contributed by atoms with Crippen LogP contribution in [0.4, 0.5) is 5.95 Å². The normalized spacial score (nSPS) is 11.5. The minimum atomic E-state index is -0.839. The van der Waals surface area contributed by atoms with Gasteiger partial charge in [-0.2, -0.15) is 4.98 Å². The van der Waals surface area contributed by atoms with Gasteiger partial charge in [0.2, 0.25) is 5.95 Å². The Hall–Kier alpha value is -4.59. The predicted octanol–water partition coefficient (Wildman–Crippen LogP) is 3.44. The van der Waals surface area contributed by atoms with Crippen molar-refractivity contribution in [3.63, 3.8) is 0 Å². The molecule has 246 valence electrons. The minimum absolute atomic E-state index is 0.0649. The number of benzene rings is 2. The van der Waals surface area contributed by atoms with Gasteiger partial charge in [0.1, 0.15) is 26.0 Å². The van der Waals surface area contributed by atoms with E-state index in [-0.39, 0.29) is 37.1 Å². The van der Waals surface area contributed by atoms with E-state index in [4.69, 9.17) is 19.9 Å².